The van der Waals surface area contributed by atoms with Crippen LogP contribution in [0.4, 0.5) is 11.4 Å². The number of alkyl halides is 2. The highest BCUT2D eigenvalue weighted by Crippen LogP contribution is 2.65. The van der Waals surface area contributed by atoms with Gasteiger partial charge in [0, 0.05) is 25.1 Å². The van der Waals surface area contributed by atoms with E-state index in [1.807, 2.05) is 6.08 Å². The average Bonchev–Trinajstić information content (AvgIpc) is 3.31. The van der Waals surface area contributed by atoms with Gasteiger partial charge in [-0.3, -0.25) is 34.2 Å². The van der Waals surface area contributed by atoms with Crippen molar-refractivity contribution in [2.75, 3.05) is 25.2 Å². The number of imide groups is 2. The number of hydrogen-bond donors (Lipinski definition) is 1. The molecule has 1 saturated carbocycles. The van der Waals surface area contributed by atoms with Crippen molar-refractivity contribution in [1.29, 1.82) is 0 Å². The Morgan fingerprint density at radius 3 is 2.43 bits per heavy atom. The number of nitro benzene ring substituents is 1. The molecule has 2 saturated heterocycles. The molecule has 11 nitrogen and oxygen atoms in total. The number of carbonyl (C=O) groups is 4. The van der Waals surface area contributed by atoms with Gasteiger partial charge in [-0.05, 0) is 42.5 Å². The van der Waals surface area contributed by atoms with Crippen LogP contribution in [-0.2, 0) is 19.2 Å². The topological polar surface area (TPSA) is 147 Å². The number of nitrogens with zero attached hydrogens (tertiary/aromatic N) is 3. The van der Waals surface area contributed by atoms with E-state index in [1.165, 1.54) is 31.3 Å². The number of nitro groups is 1. The highest BCUT2D eigenvalue weighted by Gasteiger charge is 2.75. The van der Waals surface area contributed by atoms with E-state index in [0.29, 0.717) is 16.9 Å². The fraction of sp³-hybridized carbons (Fsp3) is 0.379. The molecule has 0 spiro atoms. The van der Waals surface area contributed by atoms with E-state index in [2.05, 4.69) is 0 Å². The lowest BCUT2D eigenvalue weighted by molar-refractivity contribution is -0.384. The number of benzene rings is 2. The number of hydrogen-bond acceptors (Lipinski definition) is 8. The standard InChI is InChI=1S/C29H25Cl2N3O8/c1-32-26(38)28(30)14-21-19(23(29(28,31)27(32)39)15-5-7-18(8-6-15)42-12-11-35)9-10-20-22(21)25(37)33(24(20)36)16-3-2-4-17(13-16)34(40)41/h2-9,13,20-23,35H,10-12,14H2,1H3. The number of anilines is 1. The van der Waals surface area contributed by atoms with Crippen molar-refractivity contribution in [1.82, 2.24) is 4.90 Å². The summed E-state index contributed by atoms with van der Waals surface area (Å²) in [6.07, 6.45) is 1.82. The van der Waals surface area contributed by atoms with E-state index < -0.39 is 62.0 Å². The van der Waals surface area contributed by atoms with Gasteiger partial charge in [0.05, 0.1) is 29.1 Å². The number of allylic oxidation sites excluding steroid dienone is 2. The first-order valence-corrected chi connectivity index (χ1v) is 14.1. The molecule has 2 heterocycles. The molecule has 3 fully saturated rings. The molecular weight excluding hydrogens is 589 g/mol. The van der Waals surface area contributed by atoms with Crippen molar-refractivity contribution in [3.8, 4) is 5.75 Å². The Kier molecular flexibility index (Phi) is 6.67. The van der Waals surface area contributed by atoms with Crippen LogP contribution in [0.15, 0.2) is 60.2 Å². The molecule has 0 aromatic heterocycles. The van der Waals surface area contributed by atoms with E-state index >= 15 is 0 Å². The second kappa shape index (κ2) is 9.89. The van der Waals surface area contributed by atoms with Crippen molar-refractivity contribution < 1.29 is 33.9 Å². The predicted molar refractivity (Wildman–Crippen MR) is 150 cm³/mol. The molecule has 0 radical (unpaired) electrons. The SMILES string of the molecule is CN1C(=O)C2(Cl)CC3C(=CCC4C(=O)N(c5cccc([N+](=O)[O-])c5)C(=O)C43)C(c3ccc(OCCO)cc3)C2(Cl)C1=O. The van der Waals surface area contributed by atoms with E-state index in [0.717, 1.165) is 9.80 Å². The molecule has 218 valence electrons. The molecular formula is C29H25Cl2N3O8. The molecule has 42 heavy (non-hydrogen) atoms. The summed E-state index contributed by atoms with van der Waals surface area (Å²) in [4.78, 5) is 63.6. The Labute approximate surface area is 249 Å². The Balaban J connectivity index is 1.46. The molecule has 2 aliphatic heterocycles. The number of ether oxygens (including phenoxy) is 1. The quantitative estimate of drug-likeness (QED) is 0.172. The number of amides is 4. The summed E-state index contributed by atoms with van der Waals surface area (Å²) in [7, 11) is 1.31. The summed E-state index contributed by atoms with van der Waals surface area (Å²) in [6, 6.07) is 12.0. The van der Waals surface area contributed by atoms with Gasteiger partial charge in [0.25, 0.3) is 17.5 Å². The lowest BCUT2D eigenvalue weighted by Crippen LogP contribution is -2.60. The van der Waals surface area contributed by atoms with Crippen LogP contribution < -0.4 is 9.64 Å². The van der Waals surface area contributed by atoms with Crippen molar-refractivity contribution in [3.05, 3.63) is 75.9 Å². The second-order valence-electron chi connectivity index (χ2n) is 10.9. The van der Waals surface area contributed by atoms with Crippen LogP contribution in [0.3, 0.4) is 0 Å². The summed E-state index contributed by atoms with van der Waals surface area (Å²) >= 11 is 14.3. The first-order valence-electron chi connectivity index (χ1n) is 13.3. The first kappa shape index (κ1) is 28.3. The monoisotopic (exact) mass is 613 g/mol. The van der Waals surface area contributed by atoms with Crippen LogP contribution in [0, 0.1) is 27.9 Å². The Morgan fingerprint density at radius 1 is 1.05 bits per heavy atom. The van der Waals surface area contributed by atoms with Gasteiger partial charge in [-0.25, -0.2) is 4.90 Å². The lowest BCUT2D eigenvalue weighted by Gasteiger charge is -2.50. The molecule has 6 unspecified atom stereocenters. The highest BCUT2D eigenvalue weighted by atomic mass is 35.5. The minimum atomic E-state index is -1.91. The van der Waals surface area contributed by atoms with Gasteiger partial charge in [-0.15, -0.1) is 23.2 Å². The zero-order chi connectivity index (χ0) is 30.1. The van der Waals surface area contributed by atoms with Crippen molar-refractivity contribution in [3.63, 3.8) is 0 Å². The molecule has 2 aliphatic carbocycles. The van der Waals surface area contributed by atoms with E-state index in [4.69, 9.17) is 33.0 Å². The summed E-state index contributed by atoms with van der Waals surface area (Å²) in [6.45, 7) is -0.0948. The fourth-order valence-electron chi connectivity index (χ4n) is 7.04. The van der Waals surface area contributed by atoms with Crippen LogP contribution in [0.2, 0.25) is 0 Å². The smallest absolute Gasteiger partial charge is 0.271 e. The van der Waals surface area contributed by atoms with Crippen LogP contribution in [0.1, 0.15) is 24.3 Å². The Hall–Kier alpha value is -3.80. The van der Waals surface area contributed by atoms with Crippen LogP contribution in [0.25, 0.3) is 0 Å². The minimum absolute atomic E-state index is 0.0816. The molecule has 4 aliphatic rings. The van der Waals surface area contributed by atoms with Gasteiger partial charge >= 0.3 is 0 Å². The number of halogens is 2. The fourth-order valence-corrected chi connectivity index (χ4v) is 8.06. The summed E-state index contributed by atoms with van der Waals surface area (Å²) in [5.74, 6) is -5.28. The summed E-state index contributed by atoms with van der Waals surface area (Å²) in [5, 5.41) is 20.4. The van der Waals surface area contributed by atoms with Gasteiger partial charge < -0.3 is 9.84 Å². The van der Waals surface area contributed by atoms with Crippen LogP contribution >= 0.6 is 23.2 Å². The third-order valence-corrected chi connectivity index (χ3v) is 10.3. The zero-order valence-corrected chi connectivity index (χ0v) is 23.7. The van der Waals surface area contributed by atoms with Gasteiger partial charge in [-0.2, -0.15) is 0 Å². The lowest BCUT2D eigenvalue weighted by atomic mass is 9.56. The maximum Gasteiger partial charge on any atom is 0.271 e. The van der Waals surface area contributed by atoms with Crippen LogP contribution in [-0.4, -0.2) is 68.6 Å². The molecule has 1 N–H and O–H groups in total. The van der Waals surface area contributed by atoms with Gasteiger partial charge in [0.1, 0.15) is 12.4 Å². The molecule has 4 amide bonds. The number of aliphatic hydroxyl groups excluding tert-OH is 1. The van der Waals surface area contributed by atoms with Crippen molar-refractivity contribution in [2.45, 2.75) is 28.5 Å². The number of carbonyl (C=O) groups excluding carboxylic acids is 4. The van der Waals surface area contributed by atoms with Gasteiger partial charge in [-0.1, -0.05) is 29.8 Å². The molecule has 2 aromatic rings. The van der Waals surface area contributed by atoms with Crippen molar-refractivity contribution >= 4 is 58.2 Å². The summed E-state index contributed by atoms with van der Waals surface area (Å²) < 4.78 is 5.47. The Morgan fingerprint density at radius 2 is 1.76 bits per heavy atom. The molecule has 0 bridgehead atoms. The third kappa shape index (κ3) is 3.76. The largest absolute Gasteiger partial charge is 0.491 e. The van der Waals surface area contributed by atoms with E-state index in [9.17, 15) is 29.3 Å². The highest BCUT2D eigenvalue weighted by molar-refractivity contribution is 6.53. The van der Waals surface area contributed by atoms with Crippen molar-refractivity contribution in [2.24, 2.45) is 17.8 Å². The third-order valence-electron chi connectivity index (χ3n) is 8.89. The molecule has 13 heteroatoms. The number of rotatable bonds is 6. The van der Waals surface area contributed by atoms with E-state index in [-0.39, 0.29) is 37.4 Å². The predicted octanol–water partition coefficient (Wildman–Crippen LogP) is 3.16. The van der Waals surface area contributed by atoms with Gasteiger partial charge in [0.15, 0.2) is 9.75 Å². The van der Waals surface area contributed by atoms with Gasteiger partial charge in [0.2, 0.25) is 11.8 Å². The maximum atomic E-state index is 14.0. The van der Waals surface area contributed by atoms with Crippen LogP contribution in [0.5, 0.6) is 5.75 Å². The normalized spacial score (nSPS) is 32.0. The number of likely N-dealkylation sites (tertiary alicyclic amines) is 1. The molecule has 2 aromatic carbocycles. The first-order chi connectivity index (χ1) is 20.0. The number of non-ortho nitro benzene ring substituents is 1. The molecule has 6 rings (SSSR count). The number of fused-ring (bicyclic) bond motifs is 4. The van der Waals surface area contributed by atoms with E-state index in [1.54, 1.807) is 24.3 Å². The number of aliphatic hydroxyl groups is 1. The molecule has 6 atom stereocenters. The Bertz CT molecular complexity index is 1580. The minimum Gasteiger partial charge on any atom is -0.491 e. The average molecular weight is 614 g/mol. The maximum absolute atomic E-state index is 14.0. The zero-order valence-electron chi connectivity index (χ0n) is 22.2. The second-order valence-corrected chi connectivity index (χ2v) is 12.2. The summed E-state index contributed by atoms with van der Waals surface area (Å²) in [5.41, 5.74) is 1.00.